The highest BCUT2D eigenvalue weighted by Crippen LogP contribution is 2.24. The lowest BCUT2D eigenvalue weighted by Gasteiger charge is -2.15. The molecule has 1 aliphatic rings. The van der Waals surface area contributed by atoms with Gasteiger partial charge in [-0.3, -0.25) is 9.59 Å². The minimum atomic E-state index is -0.346. The molecular weight excluding hydrogens is 328 g/mol. The molecule has 1 N–H and O–H groups in total. The van der Waals surface area contributed by atoms with E-state index in [4.69, 9.17) is 4.74 Å². The van der Waals surface area contributed by atoms with E-state index in [1.54, 1.807) is 19.4 Å². The van der Waals surface area contributed by atoms with Crippen LogP contribution in [0.4, 0.5) is 0 Å². The fourth-order valence-electron chi connectivity index (χ4n) is 3.57. The van der Waals surface area contributed by atoms with Gasteiger partial charge in [-0.15, -0.1) is 0 Å². The predicted molar refractivity (Wildman–Crippen MR) is 101 cm³/mol. The fourth-order valence-corrected chi connectivity index (χ4v) is 3.57. The zero-order valence-electron chi connectivity index (χ0n) is 14.8. The van der Waals surface area contributed by atoms with Crippen LogP contribution in [0, 0.1) is 0 Å². The molecule has 26 heavy (non-hydrogen) atoms. The first-order chi connectivity index (χ1) is 12.6. The summed E-state index contributed by atoms with van der Waals surface area (Å²) >= 11 is 0. The minimum absolute atomic E-state index is 0.192. The monoisotopic (exact) mass is 348 g/mol. The van der Waals surface area contributed by atoms with Crippen LogP contribution in [-0.2, 0) is 13.0 Å². The summed E-state index contributed by atoms with van der Waals surface area (Å²) in [5, 5.41) is 3.55. The van der Waals surface area contributed by atoms with Crippen LogP contribution >= 0.6 is 0 Å². The molecule has 0 aliphatic carbocycles. The van der Waals surface area contributed by atoms with Crippen LogP contribution in [0.3, 0.4) is 0 Å². The first kappa shape index (κ1) is 16.4. The Morgan fingerprint density at radius 2 is 1.96 bits per heavy atom. The summed E-state index contributed by atoms with van der Waals surface area (Å²) in [7, 11) is 1.61. The molecule has 5 nitrogen and oxygen atoms in total. The number of nitrogens with zero attached hydrogens (tertiary/aromatic N) is 1. The van der Waals surface area contributed by atoms with Crippen molar-refractivity contribution >= 4 is 16.8 Å². The van der Waals surface area contributed by atoms with Gasteiger partial charge in [0.2, 0.25) is 5.43 Å². The van der Waals surface area contributed by atoms with Crippen molar-refractivity contribution in [3.05, 3.63) is 75.6 Å². The Morgan fingerprint density at radius 1 is 1.19 bits per heavy atom. The van der Waals surface area contributed by atoms with Crippen LogP contribution in [0.15, 0.2) is 53.5 Å². The molecule has 0 unspecified atom stereocenters. The van der Waals surface area contributed by atoms with E-state index in [-0.39, 0.29) is 22.9 Å². The highest BCUT2D eigenvalue weighted by molar-refractivity contribution is 5.98. The second-order valence-corrected chi connectivity index (χ2v) is 6.60. The number of rotatable bonds is 4. The van der Waals surface area contributed by atoms with Gasteiger partial charge < -0.3 is 14.6 Å². The van der Waals surface area contributed by atoms with Crippen LogP contribution in [-0.4, -0.2) is 17.6 Å². The number of para-hydroxylation sites is 1. The van der Waals surface area contributed by atoms with Crippen LogP contribution in [0.1, 0.15) is 34.5 Å². The Balaban J connectivity index is 1.65. The molecule has 4 rings (SSSR count). The van der Waals surface area contributed by atoms with Crippen molar-refractivity contribution in [1.29, 1.82) is 0 Å². The number of amides is 1. The van der Waals surface area contributed by atoms with Crippen molar-refractivity contribution in [1.82, 2.24) is 9.88 Å². The second-order valence-electron chi connectivity index (χ2n) is 6.60. The second kappa shape index (κ2) is 6.33. The van der Waals surface area contributed by atoms with E-state index in [0.29, 0.717) is 5.39 Å². The fraction of sp³-hybridized carbons (Fsp3) is 0.238. The first-order valence-electron chi connectivity index (χ1n) is 8.68. The predicted octanol–water partition coefficient (Wildman–Crippen LogP) is 3.06. The Bertz CT molecular complexity index is 1050. The van der Waals surface area contributed by atoms with Gasteiger partial charge in [-0.05, 0) is 42.7 Å². The smallest absolute Gasteiger partial charge is 0.257 e. The van der Waals surface area contributed by atoms with Gasteiger partial charge in [-0.2, -0.15) is 0 Å². The standard InChI is InChI=1S/C21H20N2O3/c1-13(14-6-8-16(26-2)9-7-14)22-21(25)18-12-23-11-10-15-4-3-5-17(19(15)23)20(18)24/h3-9,12-13H,10-11H2,1-2H3,(H,22,25)/t13-/m0/s1. The third-order valence-electron chi connectivity index (χ3n) is 5.01. The van der Waals surface area contributed by atoms with Crippen LogP contribution < -0.4 is 15.5 Å². The molecule has 0 saturated heterocycles. The Kier molecular flexibility index (Phi) is 3.99. The van der Waals surface area contributed by atoms with Crippen molar-refractivity contribution < 1.29 is 9.53 Å². The molecule has 5 heteroatoms. The first-order valence-corrected chi connectivity index (χ1v) is 8.68. The van der Waals surface area contributed by atoms with Crippen LogP contribution in [0.25, 0.3) is 10.9 Å². The van der Waals surface area contributed by atoms with E-state index in [1.807, 2.05) is 47.9 Å². The number of pyridine rings is 1. The van der Waals surface area contributed by atoms with Gasteiger partial charge in [0.15, 0.2) is 0 Å². The molecular formula is C21H20N2O3. The molecule has 2 heterocycles. The maximum Gasteiger partial charge on any atom is 0.257 e. The lowest BCUT2D eigenvalue weighted by molar-refractivity contribution is 0.0938. The van der Waals surface area contributed by atoms with E-state index in [1.165, 1.54) is 0 Å². The number of benzene rings is 2. The minimum Gasteiger partial charge on any atom is -0.497 e. The molecule has 0 saturated carbocycles. The van der Waals surface area contributed by atoms with E-state index >= 15 is 0 Å². The van der Waals surface area contributed by atoms with Crippen molar-refractivity contribution in [3.63, 3.8) is 0 Å². The molecule has 2 aromatic carbocycles. The Morgan fingerprint density at radius 3 is 2.69 bits per heavy atom. The lowest BCUT2D eigenvalue weighted by Crippen LogP contribution is -2.31. The normalized spacial score (nSPS) is 13.6. The summed E-state index contributed by atoms with van der Waals surface area (Å²) in [4.78, 5) is 25.6. The quantitative estimate of drug-likeness (QED) is 0.788. The lowest BCUT2D eigenvalue weighted by atomic mass is 10.1. The van der Waals surface area contributed by atoms with Crippen molar-refractivity contribution in [3.8, 4) is 5.75 Å². The van der Waals surface area contributed by atoms with Gasteiger partial charge in [0.1, 0.15) is 11.3 Å². The van der Waals surface area contributed by atoms with Gasteiger partial charge in [-0.1, -0.05) is 24.3 Å². The van der Waals surface area contributed by atoms with Gasteiger partial charge in [0.05, 0.1) is 18.7 Å². The molecule has 0 fully saturated rings. The van der Waals surface area contributed by atoms with E-state index in [0.717, 1.165) is 35.4 Å². The van der Waals surface area contributed by atoms with Crippen LogP contribution in [0.5, 0.6) is 5.75 Å². The van der Waals surface area contributed by atoms with E-state index < -0.39 is 0 Å². The number of aromatic nitrogens is 1. The number of hydrogen-bond acceptors (Lipinski definition) is 3. The van der Waals surface area contributed by atoms with Gasteiger partial charge in [0.25, 0.3) is 5.91 Å². The third kappa shape index (κ3) is 2.65. The average Bonchev–Trinajstić information content (AvgIpc) is 3.08. The van der Waals surface area contributed by atoms with Gasteiger partial charge >= 0.3 is 0 Å². The molecule has 3 aromatic rings. The molecule has 1 atom stereocenters. The highest BCUT2D eigenvalue weighted by Gasteiger charge is 2.21. The summed E-state index contributed by atoms with van der Waals surface area (Å²) in [6.07, 6.45) is 2.58. The van der Waals surface area contributed by atoms with Crippen LogP contribution in [0.2, 0.25) is 0 Å². The van der Waals surface area contributed by atoms with Gasteiger partial charge in [-0.25, -0.2) is 0 Å². The number of methoxy groups -OCH3 is 1. The largest absolute Gasteiger partial charge is 0.497 e. The molecule has 1 aliphatic heterocycles. The summed E-state index contributed by atoms with van der Waals surface area (Å²) in [5.41, 5.74) is 3.05. The summed E-state index contributed by atoms with van der Waals surface area (Å²) in [5.74, 6) is 0.417. The third-order valence-corrected chi connectivity index (χ3v) is 5.01. The number of ether oxygens (including phenoxy) is 1. The Hall–Kier alpha value is -3.08. The van der Waals surface area contributed by atoms with Crippen molar-refractivity contribution in [2.24, 2.45) is 0 Å². The van der Waals surface area contributed by atoms with E-state index in [9.17, 15) is 9.59 Å². The van der Waals surface area contributed by atoms with Crippen molar-refractivity contribution in [2.75, 3.05) is 7.11 Å². The maximum absolute atomic E-state index is 12.8. The zero-order valence-corrected chi connectivity index (χ0v) is 14.8. The number of nitrogens with one attached hydrogen (secondary N) is 1. The molecule has 0 spiro atoms. The molecule has 0 bridgehead atoms. The number of hydrogen-bond donors (Lipinski definition) is 1. The average molecular weight is 348 g/mol. The van der Waals surface area contributed by atoms with E-state index in [2.05, 4.69) is 5.32 Å². The number of aryl methyl sites for hydroxylation is 2. The Labute approximate surface area is 151 Å². The van der Waals surface area contributed by atoms with Gasteiger partial charge in [0, 0.05) is 18.1 Å². The number of carbonyl (C=O) groups is 1. The van der Waals surface area contributed by atoms with Crippen molar-refractivity contribution in [2.45, 2.75) is 25.9 Å². The molecule has 0 radical (unpaired) electrons. The molecule has 132 valence electrons. The highest BCUT2D eigenvalue weighted by atomic mass is 16.5. The topological polar surface area (TPSA) is 60.3 Å². The summed E-state index contributed by atoms with van der Waals surface area (Å²) < 4.78 is 7.17. The molecule has 1 aromatic heterocycles. The maximum atomic E-state index is 12.8. The zero-order chi connectivity index (χ0) is 18.3. The summed E-state index contributed by atoms with van der Waals surface area (Å²) in [6, 6.07) is 13.0. The number of carbonyl (C=O) groups excluding carboxylic acids is 1. The molecule has 1 amide bonds. The summed E-state index contributed by atoms with van der Waals surface area (Å²) in [6.45, 7) is 2.69. The SMILES string of the molecule is COc1ccc([C@H](C)NC(=O)c2cn3c4c(cccc4c2=O)CC3)cc1.